The first-order valence-electron chi connectivity index (χ1n) is 6.87. The first kappa shape index (κ1) is 12.3. The van der Waals surface area contributed by atoms with Gasteiger partial charge in [0.2, 0.25) is 0 Å². The summed E-state index contributed by atoms with van der Waals surface area (Å²) in [4.78, 5) is 2.68. The summed E-state index contributed by atoms with van der Waals surface area (Å²) in [6.07, 6.45) is 4.16. The molecule has 0 aromatic heterocycles. The molecule has 0 aromatic rings. The number of nitrogens with one attached hydrogen (secondary N) is 1. The quantitative estimate of drug-likeness (QED) is 0.738. The topological polar surface area (TPSA) is 41.3 Å². The maximum atomic E-state index is 5.89. The van der Waals surface area contributed by atoms with Crippen LogP contribution < -0.4 is 11.1 Å². The molecule has 0 spiro atoms. The lowest BCUT2D eigenvalue weighted by molar-refractivity contribution is 0.0577. The molecule has 94 valence electrons. The molecule has 1 aliphatic carbocycles. The van der Waals surface area contributed by atoms with Crippen molar-refractivity contribution in [3.63, 3.8) is 0 Å². The Bertz CT molecular complexity index is 209. The van der Waals surface area contributed by atoms with E-state index in [2.05, 4.69) is 24.1 Å². The molecule has 0 amide bonds. The van der Waals surface area contributed by atoms with E-state index in [1.165, 1.54) is 25.8 Å². The number of hydrogen-bond acceptors (Lipinski definition) is 3. The van der Waals surface area contributed by atoms with Crippen LogP contribution in [0.5, 0.6) is 0 Å². The minimum Gasteiger partial charge on any atom is -0.329 e. The van der Waals surface area contributed by atoms with Crippen molar-refractivity contribution >= 4 is 0 Å². The molecule has 0 bridgehead atoms. The Morgan fingerprint density at radius 3 is 2.50 bits per heavy atom. The van der Waals surface area contributed by atoms with Crippen LogP contribution in [0.4, 0.5) is 0 Å². The monoisotopic (exact) mass is 225 g/mol. The summed E-state index contributed by atoms with van der Waals surface area (Å²) >= 11 is 0. The molecule has 3 heteroatoms. The highest BCUT2D eigenvalue weighted by Crippen LogP contribution is 2.32. The highest BCUT2D eigenvalue weighted by atomic mass is 15.2. The Labute approximate surface area is 99.8 Å². The minimum absolute atomic E-state index is 0.566. The fraction of sp³-hybridized carbons (Fsp3) is 1.00. The standard InChI is InChI=1S/C13H27N3/c1-10-5-11(2)7-12(6-10)16-4-3-15-9-13(16)8-14/h10-13,15H,3-9,14H2,1-2H3. The number of hydrogen-bond donors (Lipinski definition) is 2. The van der Waals surface area contributed by atoms with Gasteiger partial charge in [-0.3, -0.25) is 4.90 Å². The van der Waals surface area contributed by atoms with Crippen molar-refractivity contribution in [1.82, 2.24) is 10.2 Å². The van der Waals surface area contributed by atoms with Crippen LogP contribution >= 0.6 is 0 Å². The van der Waals surface area contributed by atoms with E-state index in [1.54, 1.807) is 0 Å². The van der Waals surface area contributed by atoms with Crippen molar-refractivity contribution < 1.29 is 0 Å². The van der Waals surface area contributed by atoms with Crippen LogP contribution in [-0.4, -0.2) is 43.2 Å². The second-order valence-electron chi connectivity index (χ2n) is 5.90. The van der Waals surface area contributed by atoms with Crippen LogP contribution in [0.1, 0.15) is 33.1 Å². The van der Waals surface area contributed by atoms with Gasteiger partial charge in [-0.15, -0.1) is 0 Å². The van der Waals surface area contributed by atoms with Crippen molar-refractivity contribution in [3.8, 4) is 0 Å². The summed E-state index contributed by atoms with van der Waals surface area (Å²) in [5.41, 5.74) is 5.89. The van der Waals surface area contributed by atoms with Gasteiger partial charge < -0.3 is 11.1 Å². The average molecular weight is 225 g/mol. The Balaban J connectivity index is 1.98. The van der Waals surface area contributed by atoms with E-state index in [9.17, 15) is 0 Å². The highest BCUT2D eigenvalue weighted by molar-refractivity contribution is 4.89. The lowest BCUT2D eigenvalue weighted by atomic mass is 9.79. The van der Waals surface area contributed by atoms with Gasteiger partial charge in [-0.25, -0.2) is 0 Å². The molecule has 1 aliphatic heterocycles. The zero-order chi connectivity index (χ0) is 11.5. The van der Waals surface area contributed by atoms with E-state index >= 15 is 0 Å². The normalized spacial score (nSPS) is 42.2. The molecule has 1 heterocycles. The smallest absolute Gasteiger partial charge is 0.0346 e. The van der Waals surface area contributed by atoms with Crippen LogP contribution in [0.25, 0.3) is 0 Å². The van der Waals surface area contributed by atoms with Gasteiger partial charge in [0.25, 0.3) is 0 Å². The van der Waals surface area contributed by atoms with Crippen LogP contribution in [0, 0.1) is 11.8 Å². The molecule has 2 fully saturated rings. The summed E-state index contributed by atoms with van der Waals surface area (Å²) in [6.45, 7) is 9.01. The highest BCUT2D eigenvalue weighted by Gasteiger charge is 2.32. The summed E-state index contributed by atoms with van der Waals surface area (Å²) in [6, 6.07) is 1.35. The Morgan fingerprint density at radius 1 is 1.19 bits per heavy atom. The molecule has 2 aliphatic rings. The fourth-order valence-corrected chi connectivity index (χ4v) is 3.65. The predicted octanol–water partition coefficient (Wildman–Crippen LogP) is 1.04. The van der Waals surface area contributed by atoms with Crippen molar-refractivity contribution in [2.45, 2.75) is 45.2 Å². The van der Waals surface area contributed by atoms with Crippen molar-refractivity contribution in [3.05, 3.63) is 0 Å². The average Bonchev–Trinajstić information content (AvgIpc) is 2.27. The maximum Gasteiger partial charge on any atom is 0.0346 e. The first-order valence-corrected chi connectivity index (χ1v) is 6.87. The molecule has 16 heavy (non-hydrogen) atoms. The molecular formula is C13H27N3. The van der Waals surface area contributed by atoms with Gasteiger partial charge in [0.05, 0.1) is 0 Å². The zero-order valence-corrected chi connectivity index (χ0v) is 10.8. The lowest BCUT2D eigenvalue weighted by Gasteiger charge is -2.45. The number of nitrogens with two attached hydrogens (primary N) is 1. The van der Waals surface area contributed by atoms with Gasteiger partial charge in [0, 0.05) is 38.3 Å². The van der Waals surface area contributed by atoms with Gasteiger partial charge >= 0.3 is 0 Å². The SMILES string of the molecule is CC1CC(C)CC(N2CCNCC2CN)C1. The molecule has 3 nitrogen and oxygen atoms in total. The Kier molecular flexibility index (Phi) is 4.22. The molecule has 3 N–H and O–H groups in total. The van der Waals surface area contributed by atoms with E-state index in [-0.39, 0.29) is 0 Å². The van der Waals surface area contributed by atoms with Crippen molar-refractivity contribution in [2.75, 3.05) is 26.2 Å². The molecule has 0 aromatic carbocycles. The summed E-state index contributed by atoms with van der Waals surface area (Å²) in [7, 11) is 0. The van der Waals surface area contributed by atoms with Gasteiger partial charge in [0.1, 0.15) is 0 Å². The molecule has 1 saturated carbocycles. The third kappa shape index (κ3) is 2.76. The van der Waals surface area contributed by atoms with Crippen LogP contribution in [-0.2, 0) is 0 Å². The molecule has 0 radical (unpaired) electrons. The fourth-order valence-electron chi connectivity index (χ4n) is 3.65. The van der Waals surface area contributed by atoms with Crippen LogP contribution in [0.3, 0.4) is 0 Å². The molecule has 2 rings (SSSR count). The van der Waals surface area contributed by atoms with E-state index in [4.69, 9.17) is 5.73 Å². The van der Waals surface area contributed by atoms with E-state index in [1.807, 2.05) is 0 Å². The summed E-state index contributed by atoms with van der Waals surface area (Å²) in [5, 5.41) is 3.46. The predicted molar refractivity (Wildman–Crippen MR) is 68.4 cm³/mol. The molecule has 3 atom stereocenters. The first-order chi connectivity index (χ1) is 7.70. The third-order valence-corrected chi connectivity index (χ3v) is 4.29. The van der Waals surface area contributed by atoms with E-state index < -0.39 is 0 Å². The number of piperazine rings is 1. The largest absolute Gasteiger partial charge is 0.329 e. The third-order valence-electron chi connectivity index (χ3n) is 4.29. The van der Waals surface area contributed by atoms with Gasteiger partial charge in [-0.05, 0) is 31.1 Å². The number of rotatable bonds is 2. The van der Waals surface area contributed by atoms with Gasteiger partial charge in [-0.2, -0.15) is 0 Å². The molecule has 1 saturated heterocycles. The second kappa shape index (κ2) is 5.48. The zero-order valence-electron chi connectivity index (χ0n) is 10.8. The Morgan fingerprint density at radius 2 is 1.88 bits per heavy atom. The second-order valence-corrected chi connectivity index (χ2v) is 5.90. The van der Waals surface area contributed by atoms with Crippen LogP contribution in [0.2, 0.25) is 0 Å². The number of nitrogens with zero attached hydrogens (tertiary/aromatic N) is 1. The summed E-state index contributed by atoms with van der Waals surface area (Å²) in [5.74, 6) is 1.78. The van der Waals surface area contributed by atoms with Crippen LogP contribution in [0.15, 0.2) is 0 Å². The summed E-state index contributed by atoms with van der Waals surface area (Å²) < 4.78 is 0. The molecular weight excluding hydrogens is 198 g/mol. The molecule has 3 unspecified atom stereocenters. The van der Waals surface area contributed by atoms with E-state index in [0.717, 1.165) is 37.5 Å². The van der Waals surface area contributed by atoms with Crippen molar-refractivity contribution in [1.29, 1.82) is 0 Å². The Hall–Kier alpha value is -0.120. The van der Waals surface area contributed by atoms with E-state index in [0.29, 0.717) is 6.04 Å². The minimum atomic E-state index is 0.566. The maximum absolute atomic E-state index is 5.89. The van der Waals surface area contributed by atoms with Crippen molar-refractivity contribution in [2.24, 2.45) is 17.6 Å². The van der Waals surface area contributed by atoms with Gasteiger partial charge in [0.15, 0.2) is 0 Å². The van der Waals surface area contributed by atoms with Gasteiger partial charge in [-0.1, -0.05) is 13.8 Å². The lowest BCUT2D eigenvalue weighted by Crippen LogP contribution is -2.58.